The van der Waals surface area contributed by atoms with Crippen LogP contribution in [0.15, 0.2) is 0 Å². The lowest BCUT2D eigenvalue weighted by Gasteiger charge is -2.18. The van der Waals surface area contributed by atoms with E-state index in [0.29, 0.717) is 0 Å². The van der Waals surface area contributed by atoms with E-state index in [1.54, 1.807) is 0 Å². The summed E-state index contributed by atoms with van der Waals surface area (Å²) >= 11 is 0. The second kappa shape index (κ2) is 11.4. The molecule has 0 heterocycles. The van der Waals surface area contributed by atoms with Crippen molar-refractivity contribution in [1.29, 1.82) is 0 Å². The van der Waals surface area contributed by atoms with E-state index in [9.17, 15) is 14.4 Å². The van der Waals surface area contributed by atoms with Crippen LogP contribution in [0.4, 0.5) is 0 Å². The Bertz CT molecular complexity index is 339. The SMILES string of the molecule is CC(=O)O.O=C(O)CC(O)(CC(=O)O)C(=O)O.O=CO. The summed E-state index contributed by atoms with van der Waals surface area (Å²) < 4.78 is 0. The Kier molecular flexibility index (Phi) is 12.8. The minimum atomic E-state index is -2.74. The van der Waals surface area contributed by atoms with Crippen LogP contribution in [0.2, 0.25) is 0 Å². The van der Waals surface area contributed by atoms with Crippen LogP contribution < -0.4 is 0 Å². The van der Waals surface area contributed by atoms with Crippen molar-refractivity contribution >= 4 is 30.3 Å². The van der Waals surface area contributed by atoms with Gasteiger partial charge in [0.15, 0.2) is 5.60 Å². The van der Waals surface area contributed by atoms with Gasteiger partial charge in [0.2, 0.25) is 0 Å². The molecule has 0 atom stereocenters. The molecule has 20 heavy (non-hydrogen) atoms. The maximum absolute atomic E-state index is 10.3. The molecule has 0 saturated carbocycles. The normalized spacial score (nSPS) is 8.90. The van der Waals surface area contributed by atoms with E-state index in [-0.39, 0.29) is 6.47 Å². The topological polar surface area (TPSA) is 207 Å². The summed E-state index contributed by atoms with van der Waals surface area (Å²) in [6, 6.07) is 0. The molecule has 0 bridgehead atoms. The molecule has 0 aromatic rings. The molecule has 11 heteroatoms. The van der Waals surface area contributed by atoms with Gasteiger partial charge in [0.05, 0.1) is 12.8 Å². The molecule has 0 aliphatic carbocycles. The number of carbonyl (C=O) groups is 5. The van der Waals surface area contributed by atoms with Crippen LogP contribution in [0.25, 0.3) is 0 Å². The molecule has 0 spiro atoms. The van der Waals surface area contributed by atoms with Gasteiger partial charge in [-0.3, -0.25) is 19.2 Å². The highest BCUT2D eigenvalue weighted by molar-refractivity contribution is 5.88. The lowest BCUT2D eigenvalue weighted by Crippen LogP contribution is -2.42. The van der Waals surface area contributed by atoms with Crippen molar-refractivity contribution in [3.05, 3.63) is 0 Å². The van der Waals surface area contributed by atoms with Gasteiger partial charge < -0.3 is 30.6 Å². The van der Waals surface area contributed by atoms with Crippen molar-refractivity contribution in [3.63, 3.8) is 0 Å². The van der Waals surface area contributed by atoms with Gasteiger partial charge in [-0.05, 0) is 0 Å². The second-order valence-corrected chi connectivity index (χ2v) is 3.10. The molecule has 0 unspecified atom stereocenters. The molecule has 0 radical (unpaired) electrons. The van der Waals surface area contributed by atoms with Gasteiger partial charge in [0.1, 0.15) is 0 Å². The number of carboxylic acid groups (broad SMARTS) is 5. The van der Waals surface area contributed by atoms with Crippen LogP contribution in [-0.2, 0) is 24.0 Å². The van der Waals surface area contributed by atoms with E-state index in [1.165, 1.54) is 0 Å². The van der Waals surface area contributed by atoms with Crippen LogP contribution in [0.3, 0.4) is 0 Å². The van der Waals surface area contributed by atoms with E-state index in [2.05, 4.69) is 0 Å². The monoisotopic (exact) mass is 298 g/mol. The van der Waals surface area contributed by atoms with Crippen molar-refractivity contribution < 1.29 is 54.6 Å². The van der Waals surface area contributed by atoms with E-state index in [1.807, 2.05) is 0 Å². The van der Waals surface area contributed by atoms with Crippen LogP contribution in [-0.4, -0.2) is 66.6 Å². The van der Waals surface area contributed by atoms with Crippen molar-refractivity contribution in [2.75, 3.05) is 0 Å². The number of carboxylic acids is 4. The predicted molar refractivity (Wildman–Crippen MR) is 59.1 cm³/mol. The van der Waals surface area contributed by atoms with Crippen LogP contribution in [0, 0.1) is 0 Å². The minimum Gasteiger partial charge on any atom is -0.483 e. The highest BCUT2D eigenvalue weighted by Crippen LogP contribution is 2.15. The van der Waals surface area contributed by atoms with Crippen LogP contribution in [0.1, 0.15) is 19.8 Å². The first-order valence-corrected chi connectivity index (χ1v) is 4.59. The first-order valence-electron chi connectivity index (χ1n) is 4.59. The number of hydrogen-bond acceptors (Lipinski definition) is 6. The highest BCUT2D eigenvalue weighted by atomic mass is 16.4. The molecule has 0 fully saturated rings. The van der Waals surface area contributed by atoms with Crippen molar-refractivity contribution in [2.45, 2.75) is 25.4 Å². The van der Waals surface area contributed by atoms with Gasteiger partial charge in [-0.15, -0.1) is 0 Å². The Labute approximate surface area is 111 Å². The smallest absolute Gasteiger partial charge is 0.336 e. The molecular weight excluding hydrogens is 284 g/mol. The average Bonchev–Trinajstić information content (AvgIpc) is 2.14. The zero-order valence-corrected chi connectivity index (χ0v) is 10.2. The van der Waals surface area contributed by atoms with E-state index in [4.69, 9.17) is 40.2 Å². The number of rotatable bonds is 5. The summed E-state index contributed by atoms with van der Waals surface area (Å²) in [4.78, 5) is 47.8. The van der Waals surface area contributed by atoms with Crippen LogP contribution in [0.5, 0.6) is 0 Å². The maximum atomic E-state index is 10.3. The third kappa shape index (κ3) is 17.7. The lowest BCUT2D eigenvalue weighted by molar-refractivity contribution is -0.170. The fourth-order valence-electron chi connectivity index (χ4n) is 0.714. The number of hydrogen-bond donors (Lipinski definition) is 6. The largest absolute Gasteiger partial charge is 0.483 e. The van der Waals surface area contributed by atoms with Gasteiger partial charge in [0.25, 0.3) is 12.4 Å². The highest BCUT2D eigenvalue weighted by Gasteiger charge is 2.40. The molecule has 0 aliphatic heterocycles. The van der Waals surface area contributed by atoms with Gasteiger partial charge in [-0.25, -0.2) is 4.79 Å². The van der Waals surface area contributed by atoms with Crippen molar-refractivity contribution in [2.24, 2.45) is 0 Å². The Morgan fingerprint density at radius 3 is 1.25 bits per heavy atom. The summed E-state index contributed by atoms with van der Waals surface area (Å²) in [6.45, 7) is 0.833. The molecular formula is C9H14O11. The Morgan fingerprint density at radius 2 is 1.15 bits per heavy atom. The quantitative estimate of drug-likeness (QED) is 0.323. The number of aliphatic carboxylic acids is 4. The summed E-state index contributed by atoms with van der Waals surface area (Å²) in [6.07, 6.45) is -2.29. The third-order valence-electron chi connectivity index (χ3n) is 1.29. The van der Waals surface area contributed by atoms with E-state index >= 15 is 0 Å². The molecule has 0 aromatic carbocycles. The summed E-state index contributed by atoms with van der Waals surface area (Å²) in [5.74, 6) is -5.85. The first-order chi connectivity index (χ1) is 8.92. The predicted octanol–water partition coefficient (Wildman–Crippen LogP) is -1.46. The molecule has 0 saturated heterocycles. The maximum Gasteiger partial charge on any atom is 0.336 e. The Morgan fingerprint density at radius 1 is 0.950 bits per heavy atom. The fourth-order valence-corrected chi connectivity index (χ4v) is 0.714. The molecule has 0 aliphatic rings. The molecule has 116 valence electrons. The van der Waals surface area contributed by atoms with Crippen molar-refractivity contribution in [3.8, 4) is 0 Å². The molecule has 11 nitrogen and oxygen atoms in total. The third-order valence-corrected chi connectivity index (χ3v) is 1.29. The molecule has 0 aromatic heterocycles. The fraction of sp³-hybridized carbons (Fsp3) is 0.444. The van der Waals surface area contributed by atoms with Gasteiger partial charge >= 0.3 is 17.9 Å². The average molecular weight is 298 g/mol. The number of aliphatic hydroxyl groups is 1. The Hall–Kier alpha value is -2.69. The molecule has 6 N–H and O–H groups in total. The van der Waals surface area contributed by atoms with E-state index < -0.39 is 42.3 Å². The second-order valence-electron chi connectivity index (χ2n) is 3.10. The zero-order chi connectivity index (χ0) is 16.9. The summed E-state index contributed by atoms with van der Waals surface area (Å²) in [7, 11) is 0. The van der Waals surface area contributed by atoms with E-state index in [0.717, 1.165) is 6.92 Å². The molecule has 0 amide bonds. The van der Waals surface area contributed by atoms with Gasteiger partial charge in [0, 0.05) is 6.92 Å². The minimum absolute atomic E-state index is 0.250. The standard InChI is InChI=1S/C6H8O7.C2H4O2.CH2O2/c7-3(8)1-6(13,5(11)12)2-4(9)10;1-2(3)4;2-1-3/h13H,1-2H2,(H,7,8)(H,9,10)(H,11,12);1H3,(H,3,4);1H,(H,2,3). The summed E-state index contributed by atoms with van der Waals surface area (Å²) in [5, 5.41) is 48.1. The van der Waals surface area contributed by atoms with Gasteiger partial charge in [-0.2, -0.15) is 0 Å². The lowest BCUT2D eigenvalue weighted by atomic mass is 9.96. The van der Waals surface area contributed by atoms with Crippen molar-refractivity contribution in [1.82, 2.24) is 0 Å². The Balaban J connectivity index is -0.000000343. The molecule has 0 rings (SSSR count). The zero-order valence-electron chi connectivity index (χ0n) is 10.2. The first kappa shape index (κ1) is 22.5. The van der Waals surface area contributed by atoms with Gasteiger partial charge in [-0.1, -0.05) is 0 Å². The summed E-state index contributed by atoms with van der Waals surface area (Å²) in [5.41, 5.74) is -2.74. The van der Waals surface area contributed by atoms with Crippen LogP contribution >= 0.6 is 0 Å².